The maximum absolute atomic E-state index is 12.9. The lowest BCUT2D eigenvalue weighted by atomic mass is 9.72. The van der Waals surface area contributed by atoms with Crippen molar-refractivity contribution in [3.8, 4) is 0 Å². The fraction of sp³-hybridized carbons (Fsp3) is 0.391. The van der Waals surface area contributed by atoms with E-state index in [1.165, 1.54) is 5.56 Å². The molecule has 2 aromatic rings. The topological polar surface area (TPSA) is 55.8 Å². The summed E-state index contributed by atoms with van der Waals surface area (Å²) in [6.07, 6.45) is 1.23. The van der Waals surface area contributed by atoms with Crippen LogP contribution in [0.25, 0.3) is 0 Å². The molecule has 4 rings (SSSR count). The highest BCUT2D eigenvalue weighted by Gasteiger charge is 2.53. The predicted molar refractivity (Wildman–Crippen MR) is 105 cm³/mol. The Hall–Kier alpha value is -2.66. The number of fused-ring (bicyclic) bond motifs is 1. The zero-order valence-electron chi connectivity index (χ0n) is 16.1. The van der Waals surface area contributed by atoms with Crippen molar-refractivity contribution in [1.29, 1.82) is 0 Å². The summed E-state index contributed by atoms with van der Waals surface area (Å²) in [5.74, 6) is -1.22. The number of ether oxygens (including phenoxy) is 2. The zero-order chi connectivity index (χ0) is 19.6. The van der Waals surface area contributed by atoms with Crippen LogP contribution in [-0.4, -0.2) is 42.1 Å². The SMILES string of the molecule is CCOC(=O)C1c2ccccc2C(=O)OC12CCN(Cc1ccccc1)CC2. The molecule has 1 unspecified atom stereocenters. The summed E-state index contributed by atoms with van der Waals surface area (Å²) in [5.41, 5.74) is 1.63. The van der Waals surface area contributed by atoms with E-state index in [-0.39, 0.29) is 11.9 Å². The monoisotopic (exact) mass is 379 g/mol. The second-order valence-electron chi connectivity index (χ2n) is 7.49. The summed E-state index contributed by atoms with van der Waals surface area (Å²) in [6.45, 7) is 4.49. The second-order valence-corrected chi connectivity index (χ2v) is 7.49. The van der Waals surface area contributed by atoms with E-state index in [1.54, 1.807) is 19.1 Å². The van der Waals surface area contributed by atoms with E-state index in [9.17, 15) is 9.59 Å². The van der Waals surface area contributed by atoms with Crippen LogP contribution < -0.4 is 0 Å². The van der Waals surface area contributed by atoms with Gasteiger partial charge >= 0.3 is 11.9 Å². The summed E-state index contributed by atoms with van der Waals surface area (Å²) in [5, 5.41) is 0. The first-order valence-corrected chi connectivity index (χ1v) is 9.88. The largest absolute Gasteiger partial charge is 0.465 e. The molecule has 0 bridgehead atoms. The number of esters is 2. The second kappa shape index (κ2) is 7.76. The summed E-state index contributed by atoms with van der Waals surface area (Å²) >= 11 is 0. The van der Waals surface area contributed by atoms with Crippen LogP contribution in [0.15, 0.2) is 54.6 Å². The van der Waals surface area contributed by atoms with E-state index in [1.807, 2.05) is 30.3 Å². The van der Waals surface area contributed by atoms with Gasteiger partial charge in [0.25, 0.3) is 0 Å². The third kappa shape index (κ3) is 3.42. The number of likely N-dealkylation sites (tertiary alicyclic amines) is 1. The van der Waals surface area contributed by atoms with Gasteiger partial charge in [0, 0.05) is 32.5 Å². The Labute approximate surface area is 165 Å². The minimum Gasteiger partial charge on any atom is -0.465 e. The zero-order valence-corrected chi connectivity index (χ0v) is 16.1. The van der Waals surface area contributed by atoms with Gasteiger partial charge in [-0.3, -0.25) is 9.69 Å². The fourth-order valence-electron chi connectivity index (χ4n) is 4.41. The van der Waals surface area contributed by atoms with Crippen LogP contribution in [0.2, 0.25) is 0 Å². The number of benzene rings is 2. The molecule has 2 aromatic carbocycles. The van der Waals surface area contributed by atoms with Crippen molar-refractivity contribution >= 4 is 11.9 Å². The minimum atomic E-state index is -0.828. The third-order valence-electron chi connectivity index (χ3n) is 5.79. The molecule has 1 fully saturated rings. The van der Waals surface area contributed by atoms with Crippen LogP contribution in [0, 0.1) is 0 Å². The highest BCUT2D eigenvalue weighted by Crippen LogP contribution is 2.46. The maximum atomic E-state index is 12.9. The molecule has 1 saturated heterocycles. The van der Waals surface area contributed by atoms with Gasteiger partial charge in [-0.05, 0) is 24.1 Å². The number of piperidine rings is 1. The van der Waals surface area contributed by atoms with Crippen molar-refractivity contribution in [2.24, 2.45) is 0 Å². The van der Waals surface area contributed by atoms with Crippen molar-refractivity contribution in [3.63, 3.8) is 0 Å². The van der Waals surface area contributed by atoms with Gasteiger partial charge in [-0.25, -0.2) is 4.79 Å². The highest BCUT2D eigenvalue weighted by molar-refractivity contribution is 5.96. The smallest absolute Gasteiger partial charge is 0.339 e. The molecule has 2 heterocycles. The quantitative estimate of drug-likeness (QED) is 0.761. The number of carbonyl (C=O) groups is 2. The fourth-order valence-corrected chi connectivity index (χ4v) is 4.41. The van der Waals surface area contributed by atoms with Gasteiger partial charge in [-0.1, -0.05) is 48.5 Å². The first kappa shape index (κ1) is 18.7. The summed E-state index contributed by atoms with van der Waals surface area (Å²) in [6, 6.07) is 17.6. The predicted octanol–water partition coefficient (Wildman–Crippen LogP) is 3.54. The molecule has 2 aliphatic heterocycles. The maximum Gasteiger partial charge on any atom is 0.339 e. The van der Waals surface area contributed by atoms with E-state index >= 15 is 0 Å². The summed E-state index contributed by atoms with van der Waals surface area (Å²) < 4.78 is 11.3. The highest BCUT2D eigenvalue weighted by atomic mass is 16.6. The molecular formula is C23H25NO4. The van der Waals surface area contributed by atoms with Crippen LogP contribution in [0.1, 0.15) is 47.2 Å². The lowest BCUT2D eigenvalue weighted by Crippen LogP contribution is -2.55. The molecule has 0 amide bonds. The van der Waals surface area contributed by atoms with Crippen LogP contribution in [0.3, 0.4) is 0 Å². The van der Waals surface area contributed by atoms with E-state index in [0.29, 0.717) is 25.0 Å². The van der Waals surface area contributed by atoms with Crippen LogP contribution in [0.4, 0.5) is 0 Å². The minimum absolute atomic E-state index is 0.307. The summed E-state index contributed by atoms with van der Waals surface area (Å²) in [4.78, 5) is 27.9. The number of rotatable bonds is 4. The first-order chi connectivity index (χ1) is 13.6. The first-order valence-electron chi connectivity index (χ1n) is 9.88. The van der Waals surface area contributed by atoms with Crippen molar-refractivity contribution < 1.29 is 19.1 Å². The molecule has 5 nitrogen and oxygen atoms in total. The molecule has 28 heavy (non-hydrogen) atoms. The average molecular weight is 379 g/mol. The molecule has 0 N–H and O–H groups in total. The van der Waals surface area contributed by atoms with Crippen molar-refractivity contribution in [2.75, 3.05) is 19.7 Å². The van der Waals surface area contributed by atoms with Gasteiger partial charge < -0.3 is 9.47 Å². The standard InChI is InChI=1S/C23H25NO4/c1-2-27-22(26)20-18-10-6-7-11-19(18)21(25)28-23(20)12-14-24(15-13-23)16-17-8-4-3-5-9-17/h3-11,20H,2,12-16H2,1H3. The van der Waals surface area contributed by atoms with E-state index in [0.717, 1.165) is 25.2 Å². The Morgan fingerprint density at radius 3 is 2.50 bits per heavy atom. The Bertz CT molecular complexity index is 856. The lowest BCUT2D eigenvalue weighted by molar-refractivity contribution is -0.156. The molecule has 1 atom stereocenters. The molecular weight excluding hydrogens is 354 g/mol. The number of nitrogens with zero attached hydrogens (tertiary/aromatic N) is 1. The molecule has 1 spiro atoms. The number of hydrogen-bond donors (Lipinski definition) is 0. The van der Waals surface area contributed by atoms with Gasteiger partial charge in [0.2, 0.25) is 0 Å². The van der Waals surface area contributed by atoms with Gasteiger partial charge in [0.05, 0.1) is 12.2 Å². The van der Waals surface area contributed by atoms with Crippen LogP contribution in [0.5, 0.6) is 0 Å². The molecule has 0 radical (unpaired) electrons. The van der Waals surface area contributed by atoms with Crippen LogP contribution in [-0.2, 0) is 20.8 Å². The van der Waals surface area contributed by atoms with E-state index < -0.39 is 11.5 Å². The van der Waals surface area contributed by atoms with Crippen LogP contribution >= 0.6 is 0 Å². The molecule has 0 saturated carbocycles. The third-order valence-corrected chi connectivity index (χ3v) is 5.79. The van der Waals surface area contributed by atoms with Crippen molar-refractivity contribution in [1.82, 2.24) is 4.90 Å². The van der Waals surface area contributed by atoms with E-state index in [4.69, 9.17) is 9.47 Å². The van der Waals surface area contributed by atoms with Gasteiger partial charge in [-0.15, -0.1) is 0 Å². The normalized spacial score (nSPS) is 21.0. The summed E-state index contributed by atoms with van der Waals surface area (Å²) in [7, 11) is 0. The Morgan fingerprint density at radius 1 is 1.11 bits per heavy atom. The Balaban J connectivity index is 1.59. The lowest BCUT2D eigenvalue weighted by Gasteiger charge is -2.47. The Morgan fingerprint density at radius 2 is 1.79 bits per heavy atom. The Kier molecular flexibility index (Phi) is 5.18. The molecule has 146 valence electrons. The molecule has 5 heteroatoms. The van der Waals surface area contributed by atoms with Gasteiger partial charge in [0.1, 0.15) is 11.5 Å². The molecule has 0 aliphatic carbocycles. The van der Waals surface area contributed by atoms with Gasteiger partial charge in [0.15, 0.2) is 0 Å². The average Bonchev–Trinajstić information content (AvgIpc) is 2.71. The molecule has 2 aliphatic rings. The van der Waals surface area contributed by atoms with Gasteiger partial charge in [-0.2, -0.15) is 0 Å². The van der Waals surface area contributed by atoms with Crippen molar-refractivity contribution in [3.05, 3.63) is 71.3 Å². The van der Waals surface area contributed by atoms with E-state index in [2.05, 4.69) is 17.0 Å². The molecule has 0 aromatic heterocycles. The van der Waals surface area contributed by atoms with Crippen molar-refractivity contribution in [2.45, 2.75) is 37.8 Å². The number of hydrogen-bond acceptors (Lipinski definition) is 5. The number of carbonyl (C=O) groups excluding carboxylic acids is 2.